The first kappa shape index (κ1) is 11.5. The zero-order valence-corrected chi connectivity index (χ0v) is 8.73. The summed E-state index contributed by atoms with van der Waals surface area (Å²) in [6.45, 7) is 1.54. The summed E-state index contributed by atoms with van der Waals surface area (Å²) in [6, 6.07) is 9.80. The van der Waals surface area contributed by atoms with Crippen LogP contribution in [0.4, 0.5) is 0 Å². The van der Waals surface area contributed by atoms with E-state index in [-0.39, 0.29) is 5.78 Å². The Bertz CT molecular complexity index is 369. The van der Waals surface area contributed by atoms with Crippen molar-refractivity contribution in [3.8, 4) is 11.8 Å². The zero-order chi connectivity index (χ0) is 11.1. The summed E-state index contributed by atoms with van der Waals surface area (Å²) in [7, 11) is 0. The maximum Gasteiger partial charge on any atom is 0.205 e. The highest BCUT2D eigenvalue weighted by Crippen LogP contribution is 2.02. The number of aliphatic hydroxyl groups excluding tert-OH is 1. The first-order chi connectivity index (χ1) is 7.18. The predicted molar refractivity (Wildman–Crippen MR) is 59.2 cm³/mol. The number of rotatable bonds is 3. The van der Waals surface area contributed by atoms with Gasteiger partial charge in [0.15, 0.2) is 0 Å². The van der Waals surface area contributed by atoms with Crippen molar-refractivity contribution in [2.75, 3.05) is 0 Å². The average molecular weight is 202 g/mol. The van der Waals surface area contributed by atoms with Gasteiger partial charge in [-0.2, -0.15) is 0 Å². The van der Waals surface area contributed by atoms with Gasteiger partial charge in [-0.25, -0.2) is 0 Å². The third kappa shape index (κ3) is 4.99. The summed E-state index contributed by atoms with van der Waals surface area (Å²) in [6.07, 6.45) is 0.378. The third-order valence-corrected chi connectivity index (χ3v) is 1.90. The molecular formula is C13H14O2. The molecule has 1 unspecified atom stereocenters. The molecule has 0 saturated heterocycles. The molecule has 1 aromatic carbocycles. The number of carbonyl (C=O) groups is 1. The van der Waals surface area contributed by atoms with E-state index in [2.05, 4.69) is 11.8 Å². The van der Waals surface area contributed by atoms with Crippen LogP contribution >= 0.6 is 0 Å². The largest absolute Gasteiger partial charge is 0.381 e. The predicted octanol–water partition coefficient (Wildman–Crippen LogP) is 1.57. The Labute approximate surface area is 89.9 Å². The van der Waals surface area contributed by atoms with Gasteiger partial charge in [0.2, 0.25) is 5.78 Å². The van der Waals surface area contributed by atoms with Gasteiger partial charge < -0.3 is 5.11 Å². The fourth-order valence-electron chi connectivity index (χ4n) is 1.15. The number of hydrogen-bond donors (Lipinski definition) is 1. The summed E-state index contributed by atoms with van der Waals surface area (Å²) >= 11 is 0. The van der Waals surface area contributed by atoms with E-state index in [9.17, 15) is 4.79 Å². The van der Waals surface area contributed by atoms with Crippen LogP contribution < -0.4 is 0 Å². The molecule has 78 valence electrons. The van der Waals surface area contributed by atoms with Crippen LogP contribution in [0.15, 0.2) is 30.3 Å². The van der Waals surface area contributed by atoms with E-state index in [1.807, 2.05) is 30.3 Å². The van der Waals surface area contributed by atoms with Crippen LogP contribution in [0.3, 0.4) is 0 Å². The van der Waals surface area contributed by atoms with E-state index in [4.69, 9.17) is 5.11 Å². The van der Waals surface area contributed by atoms with Gasteiger partial charge in [-0.1, -0.05) is 36.3 Å². The summed E-state index contributed by atoms with van der Waals surface area (Å²) in [5, 5.41) is 8.86. The zero-order valence-electron chi connectivity index (χ0n) is 8.73. The summed E-state index contributed by atoms with van der Waals surface area (Å²) in [5.41, 5.74) is 1.13. The van der Waals surface area contributed by atoms with Crippen molar-refractivity contribution >= 4 is 5.78 Å². The number of aryl methyl sites for hydroxylation is 1. The lowest BCUT2D eigenvalue weighted by Crippen LogP contribution is -1.99. The van der Waals surface area contributed by atoms with Crippen LogP contribution in [0.1, 0.15) is 18.9 Å². The van der Waals surface area contributed by atoms with Crippen molar-refractivity contribution in [2.24, 2.45) is 0 Å². The van der Waals surface area contributed by atoms with Crippen LogP contribution in [0.5, 0.6) is 0 Å². The fraction of sp³-hybridized carbons (Fsp3) is 0.308. The van der Waals surface area contributed by atoms with Crippen molar-refractivity contribution < 1.29 is 9.90 Å². The molecule has 1 N–H and O–H groups in total. The summed E-state index contributed by atoms with van der Waals surface area (Å²) in [5.74, 6) is 4.73. The normalized spacial score (nSPS) is 11.3. The standard InChI is InChI=1S/C13H14O2/c1-11(14)7-9-13(15)10-8-12-5-3-2-4-6-12/h2-6,11,14H,8,10H2,1H3. The molecule has 15 heavy (non-hydrogen) atoms. The minimum absolute atomic E-state index is 0.125. The van der Waals surface area contributed by atoms with Crippen LogP contribution in [-0.2, 0) is 11.2 Å². The molecule has 0 saturated carbocycles. The highest BCUT2D eigenvalue weighted by Gasteiger charge is 1.98. The van der Waals surface area contributed by atoms with Gasteiger partial charge in [0.05, 0.1) is 0 Å². The van der Waals surface area contributed by atoms with Crippen LogP contribution in [0.25, 0.3) is 0 Å². The Kier molecular flexibility index (Phi) is 4.59. The molecule has 0 bridgehead atoms. The second-order valence-electron chi connectivity index (χ2n) is 3.35. The van der Waals surface area contributed by atoms with Gasteiger partial charge in [0, 0.05) is 6.42 Å². The van der Waals surface area contributed by atoms with Crippen molar-refractivity contribution in [3.05, 3.63) is 35.9 Å². The Morgan fingerprint density at radius 1 is 1.40 bits per heavy atom. The Balaban J connectivity index is 2.39. The molecule has 0 aromatic heterocycles. The molecule has 0 fully saturated rings. The molecule has 0 amide bonds. The van der Waals surface area contributed by atoms with Crippen molar-refractivity contribution in [1.29, 1.82) is 0 Å². The molecule has 0 radical (unpaired) electrons. The highest BCUT2D eigenvalue weighted by molar-refractivity contribution is 5.95. The van der Waals surface area contributed by atoms with E-state index >= 15 is 0 Å². The molecule has 0 spiro atoms. The number of aliphatic hydroxyl groups is 1. The van der Waals surface area contributed by atoms with Crippen LogP contribution in [0, 0.1) is 11.8 Å². The van der Waals surface area contributed by atoms with E-state index < -0.39 is 6.10 Å². The molecule has 2 heteroatoms. The maximum atomic E-state index is 11.2. The van der Waals surface area contributed by atoms with Gasteiger partial charge >= 0.3 is 0 Å². The lowest BCUT2D eigenvalue weighted by molar-refractivity contribution is -0.113. The van der Waals surface area contributed by atoms with Gasteiger partial charge in [0.25, 0.3) is 0 Å². The molecule has 2 nitrogen and oxygen atoms in total. The second kappa shape index (κ2) is 6.00. The van der Waals surface area contributed by atoms with Crippen LogP contribution in [-0.4, -0.2) is 17.0 Å². The Hall–Kier alpha value is -1.59. The molecule has 1 aromatic rings. The lowest BCUT2D eigenvalue weighted by atomic mass is 10.1. The molecule has 1 rings (SSSR count). The topological polar surface area (TPSA) is 37.3 Å². The van der Waals surface area contributed by atoms with E-state index in [1.54, 1.807) is 0 Å². The Morgan fingerprint density at radius 3 is 2.67 bits per heavy atom. The number of carbonyl (C=O) groups excluding carboxylic acids is 1. The van der Waals surface area contributed by atoms with E-state index in [0.717, 1.165) is 5.56 Å². The Morgan fingerprint density at radius 2 is 2.07 bits per heavy atom. The van der Waals surface area contributed by atoms with Gasteiger partial charge in [-0.3, -0.25) is 4.79 Å². The summed E-state index contributed by atoms with van der Waals surface area (Å²) < 4.78 is 0. The van der Waals surface area contributed by atoms with E-state index in [0.29, 0.717) is 12.8 Å². The summed E-state index contributed by atoms with van der Waals surface area (Å²) in [4.78, 5) is 11.2. The van der Waals surface area contributed by atoms with Gasteiger partial charge in [-0.05, 0) is 24.8 Å². The molecule has 0 heterocycles. The molecule has 0 aliphatic rings. The highest BCUT2D eigenvalue weighted by atomic mass is 16.3. The maximum absolute atomic E-state index is 11.2. The first-order valence-corrected chi connectivity index (χ1v) is 4.95. The fourth-order valence-corrected chi connectivity index (χ4v) is 1.15. The number of ketones is 1. The van der Waals surface area contributed by atoms with Crippen LogP contribution in [0.2, 0.25) is 0 Å². The molecule has 0 aliphatic heterocycles. The van der Waals surface area contributed by atoms with Crippen molar-refractivity contribution in [1.82, 2.24) is 0 Å². The van der Waals surface area contributed by atoms with Gasteiger partial charge in [-0.15, -0.1) is 0 Å². The smallest absolute Gasteiger partial charge is 0.205 e. The van der Waals surface area contributed by atoms with Crippen molar-refractivity contribution in [3.63, 3.8) is 0 Å². The minimum atomic E-state index is -0.731. The third-order valence-electron chi connectivity index (χ3n) is 1.90. The average Bonchev–Trinajstić information content (AvgIpc) is 2.25. The molecule has 1 atom stereocenters. The monoisotopic (exact) mass is 202 g/mol. The molecule has 0 aliphatic carbocycles. The van der Waals surface area contributed by atoms with Gasteiger partial charge in [0.1, 0.15) is 6.10 Å². The second-order valence-corrected chi connectivity index (χ2v) is 3.35. The quantitative estimate of drug-likeness (QED) is 0.596. The number of Topliss-reactive ketones (excluding diaryl/α,β-unsaturated/α-hetero) is 1. The number of hydrogen-bond acceptors (Lipinski definition) is 2. The van der Waals surface area contributed by atoms with E-state index in [1.165, 1.54) is 6.92 Å². The van der Waals surface area contributed by atoms with Crippen molar-refractivity contribution in [2.45, 2.75) is 25.9 Å². The minimum Gasteiger partial charge on any atom is -0.381 e. The SMILES string of the molecule is CC(O)C#CC(=O)CCc1ccccc1. The number of benzene rings is 1. The lowest BCUT2D eigenvalue weighted by Gasteiger charge is -1.96. The molecular weight excluding hydrogens is 188 g/mol. The first-order valence-electron chi connectivity index (χ1n) is 4.95.